The predicted octanol–water partition coefficient (Wildman–Crippen LogP) is 4.20. The van der Waals surface area contributed by atoms with Crippen molar-refractivity contribution in [3.63, 3.8) is 0 Å². The van der Waals surface area contributed by atoms with E-state index in [1.54, 1.807) is 12.3 Å². The molecule has 1 aliphatic rings. The molecule has 0 saturated heterocycles. The van der Waals surface area contributed by atoms with Gasteiger partial charge in [-0.1, -0.05) is 25.4 Å². The van der Waals surface area contributed by atoms with Crippen LogP contribution in [-0.4, -0.2) is 47.9 Å². The minimum absolute atomic E-state index is 0.0743. The first-order valence-electron chi connectivity index (χ1n) is 11.6. The number of fused-ring (bicyclic) bond motifs is 1. The molecule has 0 spiro atoms. The molecule has 0 aliphatic carbocycles. The second-order valence-electron chi connectivity index (χ2n) is 9.26. The molecular formula is C25H30ClN5O4S. The molecule has 4 rings (SSSR count). The van der Waals surface area contributed by atoms with E-state index >= 15 is 0 Å². The molecule has 0 fully saturated rings. The van der Waals surface area contributed by atoms with Crippen molar-refractivity contribution in [1.29, 1.82) is 0 Å². The molecule has 1 aliphatic heterocycles. The van der Waals surface area contributed by atoms with E-state index in [-0.39, 0.29) is 23.4 Å². The van der Waals surface area contributed by atoms with Crippen LogP contribution in [0.25, 0.3) is 11.1 Å². The number of rotatable bonds is 6. The van der Waals surface area contributed by atoms with Crippen LogP contribution in [0.4, 0.5) is 11.5 Å². The molecule has 192 valence electrons. The Bertz CT molecular complexity index is 1410. The third-order valence-corrected chi connectivity index (χ3v) is 6.86. The smallest absolute Gasteiger partial charge is 0.229 e. The van der Waals surface area contributed by atoms with E-state index in [1.165, 1.54) is 0 Å². The maximum atomic E-state index is 11.8. The topological polar surface area (TPSA) is 118 Å². The molecule has 0 bridgehead atoms. The van der Waals surface area contributed by atoms with Gasteiger partial charge in [0.1, 0.15) is 24.8 Å². The van der Waals surface area contributed by atoms with E-state index in [0.29, 0.717) is 25.5 Å². The Morgan fingerprint density at radius 2 is 1.94 bits per heavy atom. The van der Waals surface area contributed by atoms with Crippen LogP contribution in [0.2, 0.25) is 5.15 Å². The van der Waals surface area contributed by atoms with E-state index in [9.17, 15) is 13.5 Å². The molecule has 3 heterocycles. The van der Waals surface area contributed by atoms with Crippen LogP contribution in [0.3, 0.4) is 0 Å². The van der Waals surface area contributed by atoms with Gasteiger partial charge in [-0.05, 0) is 49.1 Å². The van der Waals surface area contributed by atoms with Crippen molar-refractivity contribution >= 4 is 33.1 Å². The molecule has 0 saturated carbocycles. The molecule has 2 N–H and O–H groups in total. The molecular weight excluding hydrogens is 502 g/mol. The van der Waals surface area contributed by atoms with Crippen LogP contribution in [0.5, 0.6) is 5.75 Å². The van der Waals surface area contributed by atoms with Gasteiger partial charge in [-0.25, -0.2) is 23.4 Å². The van der Waals surface area contributed by atoms with E-state index in [4.69, 9.17) is 16.3 Å². The fourth-order valence-electron chi connectivity index (χ4n) is 4.55. The Morgan fingerprint density at radius 3 is 2.61 bits per heavy atom. The highest BCUT2D eigenvalue weighted by molar-refractivity contribution is 7.92. The fraction of sp³-hybridized carbons (Fsp3) is 0.400. The first-order valence-corrected chi connectivity index (χ1v) is 13.9. The summed E-state index contributed by atoms with van der Waals surface area (Å²) >= 11 is 6.13. The summed E-state index contributed by atoms with van der Waals surface area (Å²) in [4.78, 5) is 15.5. The molecule has 9 nitrogen and oxygen atoms in total. The summed E-state index contributed by atoms with van der Waals surface area (Å²) in [5.41, 5.74) is 5.61. The van der Waals surface area contributed by atoms with Gasteiger partial charge in [0, 0.05) is 35.1 Å². The molecule has 3 aromatic rings. The predicted molar refractivity (Wildman–Crippen MR) is 141 cm³/mol. The monoisotopic (exact) mass is 531 g/mol. The van der Waals surface area contributed by atoms with Crippen molar-refractivity contribution in [3.8, 4) is 16.9 Å². The number of nitrogens with zero attached hydrogens (tertiary/aromatic N) is 4. The average molecular weight is 532 g/mol. The lowest BCUT2D eigenvalue weighted by Gasteiger charge is -2.26. The summed E-state index contributed by atoms with van der Waals surface area (Å²) < 4.78 is 32.1. The first kappa shape index (κ1) is 26.1. The van der Waals surface area contributed by atoms with Crippen LogP contribution < -0.4 is 14.4 Å². The Morgan fingerprint density at radius 1 is 1.19 bits per heavy atom. The Kier molecular flexibility index (Phi) is 7.40. The second-order valence-corrected chi connectivity index (χ2v) is 11.4. The lowest BCUT2D eigenvalue weighted by atomic mass is 9.99. The van der Waals surface area contributed by atoms with Gasteiger partial charge in [0.15, 0.2) is 11.0 Å². The number of anilines is 2. The van der Waals surface area contributed by atoms with Crippen molar-refractivity contribution < 1.29 is 18.3 Å². The van der Waals surface area contributed by atoms with E-state index in [2.05, 4.69) is 38.4 Å². The summed E-state index contributed by atoms with van der Waals surface area (Å²) in [6, 6.07) is 5.68. The van der Waals surface area contributed by atoms with Crippen LogP contribution in [0.1, 0.15) is 48.0 Å². The van der Waals surface area contributed by atoms with Gasteiger partial charge in [-0.2, -0.15) is 0 Å². The molecule has 36 heavy (non-hydrogen) atoms. The zero-order valence-electron chi connectivity index (χ0n) is 21.0. The largest absolute Gasteiger partial charge is 0.491 e. The van der Waals surface area contributed by atoms with Gasteiger partial charge >= 0.3 is 0 Å². The highest BCUT2D eigenvalue weighted by Gasteiger charge is 2.24. The lowest BCUT2D eigenvalue weighted by molar-refractivity contribution is 0.270. The Balaban J connectivity index is 1.78. The maximum absolute atomic E-state index is 11.8. The zero-order chi connectivity index (χ0) is 26.2. The fourth-order valence-corrected chi connectivity index (χ4v) is 5.31. The molecule has 1 aromatic carbocycles. The second kappa shape index (κ2) is 10.2. The molecule has 0 unspecified atom stereocenters. The molecule has 0 atom stereocenters. The minimum Gasteiger partial charge on any atom is -0.491 e. The van der Waals surface area contributed by atoms with Crippen molar-refractivity contribution in [1.82, 2.24) is 15.0 Å². The number of aliphatic hydroxyl groups excluding tert-OH is 1. The normalized spacial score (nSPS) is 13.8. The number of aryl methyl sites for hydroxylation is 2. The van der Waals surface area contributed by atoms with Gasteiger partial charge in [-0.3, -0.25) is 4.72 Å². The summed E-state index contributed by atoms with van der Waals surface area (Å²) in [5.74, 6) is 2.21. The summed E-state index contributed by atoms with van der Waals surface area (Å²) in [5, 5.41) is 9.79. The number of benzene rings is 1. The maximum Gasteiger partial charge on any atom is 0.229 e. The molecule has 0 amide bonds. The molecule has 2 aromatic heterocycles. The van der Waals surface area contributed by atoms with Crippen molar-refractivity contribution in [2.75, 3.05) is 29.0 Å². The third kappa shape index (κ3) is 5.55. The number of sulfonamides is 1. The zero-order valence-corrected chi connectivity index (χ0v) is 22.5. The lowest BCUT2D eigenvalue weighted by Crippen LogP contribution is -2.28. The number of aliphatic hydroxyl groups is 1. The SMILES string of the molecule is Cc1cc(-c2cnc(Cl)c(NS(C)(=O)=O)c2)cc2c1OCCN(c1nc(CO)nc(C)c1C(C)C)C2. The average Bonchev–Trinajstić information content (AvgIpc) is 3.01. The minimum atomic E-state index is -3.52. The van der Waals surface area contributed by atoms with Gasteiger partial charge < -0.3 is 14.7 Å². The van der Waals surface area contributed by atoms with Crippen LogP contribution in [0, 0.1) is 13.8 Å². The van der Waals surface area contributed by atoms with E-state index < -0.39 is 10.0 Å². The van der Waals surface area contributed by atoms with Gasteiger partial charge in [0.05, 0.1) is 18.5 Å². The number of hydrogen-bond donors (Lipinski definition) is 2. The quantitative estimate of drug-likeness (QED) is 0.454. The highest BCUT2D eigenvalue weighted by atomic mass is 35.5. The number of aromatic nitrogens is 3. The number of halogens is 1. The Labute approximate surface area is 216 Å². The van der Waals surface area contributed by atoms with Crippen LogP contribution in [-0.2, 0) is 23.2 Å². The van der Waals surface area contributed by atoms with Crippen molar-refractivity contribution in [2.45, 2.75) is 46.8 Å². The van der Waals surface area contributed by atoms with Gasteiger partial charge in [0.25, 0.3) is 0 Å². The number of pyridine rings is 1. The first-order chi connectivity index (χ1) is 17.0. The number of hydrogen-bond acceptors (Lipinski definition) is 8. The number of nitrogens with one attached hydrogen (secondary N) is 1. The standard InChI is InChI=1S/C25H30ClN5O4S/c1-14(2)22-16(4)28-21(13-32)29-25(22)31-6-7-35-23-15(3)8-17(9-19(23)12-31)18-10-20(24(26)27-11-18)30-36(5,33)34/h8-11,14,30,32H,6-7,12-13H2,1-5H3. The highest BCUT2D eigenvalue weighted by Crippen LogP contribution is 2.37. The Hall–Kier alpha value is -2.95. The van der Waals surface area contributed by atoms with Crippen molar-refractivity contribution in [2.24, 2.45) is 0 Å². The van der Waals surface area contributed by atoms with Crippen LogP contribution in [0.15, 0.2) is 24.4 Å². The van der Waals surface area contributed by atoms with E-state index in [1.807, 2.05) is 26.0 Å². The summed E-state index contributed by atoms with van der Waals surface area (Å²) in [6.07, 6.45) is 2.68. The molecule has 0 radical (unpaired) electrons. The number of ether oxygens (including phenoxy) is 1. The van der Waals surface area contributed by atoms with Crippen LogP contribution >= 0.6 is 11.6 Å². The molecule has 11 heteroatoms. The third-order valence-electron chi connectivity index (χ3n) is 5.97. The van der Waals surface area contributed by atoms with Gasteiger partial charge in [0.2, 0.25) is 10.0 Å². The van der Waals surface area contributed by atoms with Gasteiger partial charge in [-0.15, -0.1) is 0 Å². The van der Waals surface area contributed by atoms with Crippen molar-refractivity contribution in [3.05, 3.63) is 57.8 Å². The summed E-state index contributed by atoms with van der Waals surface area (Å²) in [6.45, 7) is 9.55. The summed E-state index contributed by atoms with van der Waals surface area (Å²) in [7, 11) is -3.52. The van der Waals surface area contributed by atoms with E-state index in [0.717, 1.165) is 51.3 Å².